The number of halogens is 1. The molecule has 1 heterocycles. The fourth-order valence-electron chi connectivity index (χ4n) is 2.35. The second-order valence-corrected chi connectivity index (χ2v) is 4.88. The Labute approximate surface area is 121 Å². The van der Waals surface area contributed by atoms with Crippen LogP contribution in [0.5, 0.6) is 0 Å². The third kappa shape index (κ3) is 3.24. The summed E-state index contributed by atoms with van der Waals surface area (Å²) in [6.45, 7) is -0.545. The second-order valence-electron chi connectivity index (χ2n) is 4.88. The number of morpholine rings is 1. The lowest BCUT2D eigenvalue weighted by atomic mass is 10.1. The molecule has 2 aromatic rings. The van der Waals surface area contributed by atoms with E-state index < -0.39 is 6.50 Å². The largest absolute Gasteiger partial charge is 0.371 e. The number of rotatable bonds is 3. The second kappa shape index (κ2) is 6.16. The topological polar surface area (TPSA) is 12.5 Å². The SMILES string of the molecule is [2H]C1([2H])COC(c2ccc(F)cc2)CN1Cc1ccccc1. The number of hydrogen-bond acceptors (Lipinski definition) is 2. The summed E-state index contributed by atoms with van der Waals surface area (Å²) in [4.78, 5) is 1.78. The van der Waals surface area contributed by atoms with Crippen LogP contribution in [0.3, 0.4) is 0 Å². The van der Waals surface area contributed by atoms with Crippen LogP contribution in [-0.4, -0.2) is 24.5 Å². The molecule has 20 heavy (non-hydrogen) atoms. The summed E-state index contributed by atoms with van der Waals surface area (Å²) in [5.74, 6) is -0.281. The number of hydrogen-bond donors (Lipinski definition) is 0. The zero-order valence-corrected chi connectivity index (χ0v) is 11.1. The molecule has 0 spiro atoms. The van der Waals surface area contributed by atoms with Crippen molar-refractivity contribution in [2.75, 3.05) is 19.6 Å². The summed E-state index contributed by atoms with van der Waals surface area (Å²) in [5.41, 5.74) is 1.93. The molecular weight excluding hydrogens is 253 g/mol. The molecule has 3 heteroatoms. The molecule has 0 amide bonds. The Hall–Kier alpha value is -1.71. The Morgan fingerprint density at radius 2 is 1.90 bits per heavy atom. The van der Waals surface area contributed by atoms with Crippen molar-refractivity contribution in [1.29, 1.82) is 0 Å². The average Bonchev–Trinajstić information content (AvgIpc) is 2.51. The smallest absolute Gasteiger partial charge is 0.123 e. The van der Waals surface area contributed by atoms with E-state index in [1.165, 1.54) is 12.1 Å². The minimum absolute atomic E-state index is 0.00186. The monoisotopic (exact) mass is 273 g/mol. The van der Waals surface area contributed by atoms with E-state index in [2.05, 4.69) is 0 Å². The Morgan fingerprint density at radius 3 is 2.65 bits per heavy atom. The van der Waals surface area contributed by atoms with Gasteiger partial charge in [0.15, 0.2) is 0 Å². The molecule has 1 aliphatic rings. The molecule has 1 aliphatic heterocycles. The molecule has 1 atom stereocenters. The quantitative estimate of drug-likeness (QED) is 0.850. The maximum Gasteiger partial charge on any atom is 0.123 e. The fourth-order valence-corrected chi connectivity index (χ4v) is 2.35. The van der Waals surface area contributed by atoms with Gasteiger partial charge < -0.3 is 4.74 Å². The van der Waals surface area contributed by atoms with Crippen LogP contribution in [0.15, 0.2) is 54.6 Å². The van der Waals surface area contributed by atoms with Crippen molar-refractivity contribution in [1.82, 2.24) is 4.90 Å². The molecule has 2 nitrogen and oxygen atoms in total. The van der Waals surface area contributed by atoms with E-state index in [1.807, 2.05) is 30.3 Å². The highest BCUT2D eigenvalue weighted by atomic mass is 19.1. The van der Waals surface area contributed by atoms with Crippen molar-refractivity contribution in [2.45, 2.75) is 12.6 Å². The van der Waals surface area contributed by atoms with Crippen LogP contribution >= 0.6 is 0 Å². The van der Waals surface area contributed by atoms with Gasteiger partial charge in [-0.25, -0.2) is 4.39 Å². The summed E-state index contributed by atoms with van der Waals surface area (Å²) < 4.78 is 34.9. The lowest BCUT2D eigenvalue weighted by Crippen LogP contribution is -2.37. The molecule has 1 fully saturated rings. The summed E-state index contributed by atoms with van der Waals surface area (Å²) >= 11 is 0. The van der Waals surface area contributed by atoms with Gasteiger partial charge in [-0.15, -0.1) is 0 Å². The zero-order chi connectivity index (χ0) is 15.6. The van der Waals surface area contributed by atoms with Gasteiger partial charge in [-0.1, -0.05) is 42.5 Å². The minimum Gasteiger partial charge on any atom is -0.371 e. The highest BCUT2D eigenvalue weighted by Gasteiger charge is 2.21. The standard InChI is InChI=1S/C17H18FNO/c18-16-8-6-15(7-9-16)17-13-19(10-11-20-17)12-14-4-2-1-3-5-14/h1-9,17H,10-13H2/i10D2. The maximum absolute atomic E-state index is 13.0. The van der Waals surface area contributed by atoms with E-state index in [4.69, 9.17) is 7.48 Å². The van der Waals surface area contributed by atoms with E-state index in [-0.39, 0.29) is 18.5 Å². The van der Waals surface area contributed by atoms with Crippen LogP contribution in [0.1, 0.15) is 20.0 Å². The van der Waals surface area contributed by atoms with Crippen LogP contribution in [0, 0.1) is 5.82 Å². The fraction of sp³-hybridized carbons (Fsp3) is 0.294. The predicted octanol–water partition coefficient (Wildman–Crippen LogP) is 3.40. The van der Waals surface area contributed by atoms with Crippen LogP contribution < -0.4 is 0 Å². The van der Waals surface area contributed by atoms with Gasteiger partial charge in [-0.2, -0.15) is 0 Å². The molecule has 0 saturated carbocycles. The molecule has 2 aromatic carbocycles. The van der Waals surface area contributed by atoms with Gasteiger partial charge in [0.05, 0.1) is 12.7 Å². The first kappa shape index (κ1) is 11.0. The van der Waals surface area contributed by atoms with Gasteiger partial charge in [0.1, 0.15) is 5.82 Å². The first-order valence-corrected chi connectivity index (χ1v) is 6.71. The first-order chi connectivity index (χ1) is 10.5. The summed E-state index contributed by atoms with van der Waals surface area (Å²) in [7, 11) is 0. The highest BCUT2D eigenvalue weighted by Crippen LogP contribution is 2.23. The molecule has 0 aliphatic carbocycles. The van der Waals surface area contributed by atoms with Crippen molar-refractivity contribution >= 4 is 0 Å². The zero-order valence-electron chi connectivity index (χ0n) is 13.1. The van der Waals surface area contributed by atoms with Crippen molar-refractivity contribution < 1.29 is 11.9 Å². The van der Waals surface area contributed by atoms with Crippen molar-refractivity contribution in [3.8, 4) is 0 Å². The Kier molecular flexibility index (Phi) is 3.39. The van der Waals surface area contributed by atoms with Crippen molar-refractivity contribution in [2.24, 2.45) is 0 Å². The minimum atomic E-state index is -1.51. The van der Waals surface area contributed by atoms with Crippen LogP contribution in [0.2, 0.25) is 0 Å². The third-order valence-corrected chi connectivity index (χ3v) is 3.42. The Morgan fingerprint density at radius 1 is 1.15 bits per heavy atom. The molecule has 0 aromatic heterocycles. The molecule has 1 unspecified atom stereocenters. The van der Waals surface area contributed by atoms with E-state index in [0.29, 0.717) is 13.1 Å². The molecular formula is C17H18FNO. The van der Waals surface area contributed by atoms with Crippen LogP contribution in [-0.2, 0) is 11.3 Å². The van der Waals surface area contributed by atoms with E-state index in [1.54, 1.807) is 17.0 Å². The molecule has 0 radical (unpaired) electrons. The number of nitrogens with zero attached hydrogens (tertiary/aromatic N) is 1. The number of ether oxygens (including phenoxy) is 1. The molecule has 0 N–H and O–H groups in total. The highest BCUT2D eigenvalue weighted by molar-refractivity contribution is 5.20. The van der Waals surface area contributed by atoms with Gasteiger partial charge in [-0.05, 0) is 23.3 Å². The maximum atomic E-state index is 13.0. The summed E-state index contributed by atoms with van der Waals surface area (Å²) in [6.07, 6.45) is -0.242. The summed E-state index contributed by atoms with van der Waals surface area (Å²) in [5, 5.41) is 0. The lowest BCUT2D eigenvalue weighted by molar-refractivity contribution is -0.0329. The Balaban J connectivity index is 1.76. The van der Waals surface area contributed by atoms with Gasteiger partial charge in [0.2, 0.25) is 0 Å². The third-order valence-electron chi connectivity index (χ3n) is 3.42. The van der Waals surface area contributed by atoms with Crippen LogP contribution in [0.4, 0.5) is 4.39 Å². The summed E-state index contributed by atoms with van der Waals surface area (Å²) in [6, 6.07) is 16.0. The normalized spacial score (nSPS) is 23.9. The van der Waals surface area contributed by atoms with Gasteiger partial charge in [0, 0.05) is 22.3 Å². The molecule has 104 valence electrons. The van der Waals surface area contributed by atoms with Gasteiger partial charge >= 0.3 is 0 Å². The molecule has 1 saturated heterocycles. The van der Waals surface area contributed by atoms with Crippen LogP contribution in [0.25, 0.3) is 0 Å². The van der Waals surface area contributed by atoms with Gasteiger partial charge in [-0.3, -0.25) is 4.90 Å². The molecule has 0 bridgehead atoms. The first-order valence-electron chi connectivity index (χ1n) is 7.71. The van der Waals surface area contributed by atoms with Gasteiger partial charge in [0.25, 0.3) is 0 Å². The predicted molar refractivity (Wildman–Crippen MR) is 76.8 cm³/mol. The average molecular weight is 273 g/mol. The lowest BCUT2D eigenvalue weighted by Gasteiger charge is -2.33. The van der Waals surface area contributed by atoms with E-state index in [9.17, 15) is 4.39 Å². The number of benzene rings is 2. The van der Waals surface area contributed by atoms with Crippen molar-refractivity contribution in [3.05, 3.63) is 71.5 Å². The van der Waals surface area contributed by atoms with Crippen molar-refractivity contribution in [3.63, 3.8) is 0 Å². The van der Waals surface area contributed by atoms with E-state index in [0.717, 1.165) is 11.1 Å². The Bertz CT molecular complexity index is 618. The van der Waals surface area contributed by atoms with E-state index >= 15 is 0 Å². The molecule has 3 rings (SSSR count).